The molecule has 0 aliphatic heterocycles. The maximum absolute atomic E-state index is 12.1. The summed E-state index contributed by atoms with van der Waals surface area (Å²) in [5.41, 5.74) is 6.59. The van der Waals surface area contributed by atoms with E-state index in [0.29, 0.717) is 22.6 Å². The van der Waals surface area contributed by atoms with Crippen molar-refractivity contribution in [1.82, 2.24) is 15.4 Å². The molecule has 0 fully saturated rings. The van der Waals surface area contributed by atoms with Crippen LogP contribution in [0.4, 0.5) is 0 Å². The first-order valence-electron chi connectivity index (χ1n) is 7.46. The van der Waals surface area contributed by atoms with Gasteiger partial charge in [0.2, 0.25) is 0 Å². The lowest BCUT2D eigenvalue weighted by atomic mass is 10.2. The zero-order valence-electron chi connectivity index (χ0n) is 13.4. The first-order valence-corrected chi connectivity index (χ1v) is 7.46. The maximum Gasteiger partial charge on any atom is 0.273 e. The van der Waals surface area contributed by atoms with Crippen molar-refractivity contribution in [1.29, 1.82) is 0 Å². The summed E-state index contributed by atoms with van der Waals surface area (Å²) < 4.78 is 7.24. The number of benzene rings is 1. The smallest absolute Gasteiger partial charge is 0.273 e. The van der Waals surface area contributed by atoms with Crippen LogP contribution < -0.4 is 10.9 Å². The average Bonchev–Trinajstić information content (AvgIpc) is 3.22. The molecule has 1 aromatic carbocycles. The third-order valence-electron chi connectivity index (χ3n) is 3.61. The molecular weight excluding hydrogens is 306 g/mol. The van der Waals surface area contributed by atoms with Crippen LogP contribution in [0.15, 0.2) is 59.3 Å². The number of hydrogen-bond acceptors (Lipinski definition) is 3. The van der Waals surface area contributed by atoms with Gasteiger partial charge in [-0.3, -0.25) is 20.4 Å². The molecule has 0 aliphatic rings. The highest BCUT2D eigenvalue weighted by molar-refractivity contribution is 5.99. The number of carbonyl (C=O) groups excluding carboxylic acids is 2. The molecule has 0 saturated carbocycles. The Balaban J connectivity index is 1.63. The molecule has 0 atom stereocenters. The van der Waals surface area contributed by atoms with E-state index in [1.165, 1.54) is 0 Å². The zero-order chi connectivity index (χ0) is 17.1. The van der Waals surface area contributed by atoms with Crippen LogP contribution in [0.3, 0.4) is 0 Å². The van der Waals surface area contributed by atoms with Gasteiger partial charge in [0.05, 0.1) is 5.56 Å². The van der Waals surface area contributed by atoms with Gasteiger partial charge < -0.3 is 8.98 Å². The lowest BCUT2D eigenvalue weighted by molar-refractivity contribution is 0.0845. The minimum Gasteiger partial charge on any atom is -0.466 e. The second-order valence-electron chi connectivity index (χ2n) is 5.37. The van der Waals surface area contributed by atoms with Crippen LogP contribution in [0.5, 0.6) is 0 Å². The summed E-state index contributed by atoms with van der Waals surface area (Å²) in [5.74, 6) is 0.349. The van der Waals surface area contributed by atoms with E-state index in [1.807, 2.05) is 41.2 Å². The molecule has 0 unspecified atom stereocenters. The monoisotopic (exact) mass is 323 g/mol. The van der Waals surface area contributed by atoms with E-state index in [1.54, 1.807) is 32.0 Å². The molecule has 0 spiro atoms. The topological polar surface area (TPSA) is 76.3 Å². The van der Waals surface area contributed by atoms with Gasteiger partial charge in [-0.15, -0.1) is 0 Å². The largest absolute Gasteiger partial charge is 0.466 e. The third-order valence-corrected chi connectivity index (χ3v) is 3.61. The number of hydrazine groups is 1. The van der Waals surface area contributed by atoms with Gasteiger partial charge >= 0.3 is 0 Å². The van der Waals surface area contributed by atoms with Crippen LogP contribution in [0.2, 0.25) is 0 Å². The first kappa shape index (κ1) is 15.6. The normalized spacial score (nSPS) is 10.4. The Bertz CT molecular complexity index is 862. The van der Waals surface area contributed by atoms with Gasteiger partial charge in [0, 0.05) is 23.6 Å². The molecule has 122 valence electrons. The Hall–Kier alpha value is -3.28. The summed E-state index contributed by atoms with van der Waals surface area (Å²) in [6.45, 7) is 3.46. The van der Waals surface area contributed by atoms with E-state index in [2.05, 4.69) is 10.9 Å². The van der Waals surface area contributed by atoms with Crippen LogP contribution >= 0.6 is 0 Å². The number of nitrogens with one attached hydrogen (secondary N) is 2. The molecule has 2 heterocycles. The number of aryl methyl sites for hydroxylation is 2. The molecule has 0 aliphatic carbocycles. The predicted octanol–water partition coefficient (Wildman–Crippen LogP) is 2.76. The minimum atomic E-state index is -0.415. The van der Waals surface area contributed by atoms with Crippen LogP contribution in [0.1, 0.15) is 32.2 Å². The molecule has 0 radical (unpaired) electrons. The molecule has 3 aromatic rings. The molecule has 2 aromatic heterocycles. The van der Waals surface area contributed by atoms with E-state index in [-0.39, 0.29) is 5.91 Å². The SMILES string of the molecule is Cc1cc(C(=O)NNC(=O)c2ccc(-n3cccc3)cc2)c(C)o1. The number of amides is 2. The van der Waals surface area contributed by atoms with Crippen molar-refractivity contribution in [2.75, 3.05) is 0 Å². The van der Waals surface area contributed by atoms with E-state index >= 15 is 0 Å². The van der Waals surface area contributed by atoms with Gasteiger partial charge in [-0.25, -0.2) is 0 Å². The summed E-state index contributed by atoms with van der Waals surface area (Å²) in [4.78, 5) is 24.1. The molecule has 2 N–H and O–H groups in total. The summed E-state index contributed by atoms with van der Waals surface area (Å²) in [7, 11) is 0. The quantitative estimate of drug-likeness (QED) is 0.728. The number of furan rings is 1. The molecule has 0 saturated heterocycles. The molecule has 3 rings (SSSR count). The van der Waals surface area contributed by atoms with Crippen molar-refractivity contribution >= 4 is 11.8 Å². The molecule has 2 amide bonds. The second kappa shape index (κ2) is 6.45. The lowest BCUT2D eigenvalue weighted by Crippen LogP contribution is -2.41. The highest BCUT2D eigenvalue weighted by atomic mass is 16.3. The second-order valence-corrected chi connectivity index (χ2v) is 5.37. The van der Waals surface area contributed by atoms with E-state index in [4.69, 9.17) is 4.42 Å². The van der Waals surface area contributed by atoms with Gasteiger partial charge in [0.15, 0.2) is 0 Å². The van der Waals surface area contributed by atoms with Gasteiger partial charge in [0.1, 0.15) is 11.5 Å². The van der Waals surface area contributed by atoms with Gasteiger partial charge in [-0.05, 0) is 56.3 Å². The number of hydrogen-bond donors (Lipinski definition) is 2. The number of rotatable bonds is 3. The van der Waals surface area contributed by atoms with E-state index < -0.39 is 5.91 Å². The molecular formula is C18H17N3O3. The summed E-state index contributed by atoms with van der Waals surface area (Å²) in [6, 6.07) is 12.5. The maximum atomic E-state index is 12.1. The molecule has 6 heteroatoms. The Labute approximate surface area is 139 Å². The Morgan fingerprint density at radius 2 is 1.58 bits per heavy atom. The van der Waals surface area contributed by atoms with Crippen molar-refractivity contribution in [3.8, 4) is 5.69 Å². The van der Waals surface area contributed by atoms with Crippen molar-refractivity contribution in [3.63, 3.8) is 0 Å². The fraction of sp³-hybridized carbons (Fsp3) is 0.111. The number of carbonyl (C=O) groups is 2. The highest BCUT2D eigenvalue weighted by Gasteiger charge is 2.14. The van der Waals surface area contributed by atoms with E-state index in [0.717, 1.165) is 5.69 Å². The lowest BCUT2D eigenvalue weighted by Gasteiger charge is -2.08. The van der Waals surface area contributed by atoms with Crippen LogP contribution in [-0.4, -0.2) is 16.4 Å². The van der Waals surface area contributed by atoms with Crippen molar-refractivity contribution in [3.05, 3.63) is 77.5 Å². The number of aromatic nitrogens is 1. The van der Waals surface area contributed by atoms with Crippen molar-refractivity contribution in [2.45, 2.75) is 13.8 Å². The summed E-state index contributed by atoms with van der Waals surface area (Å²) in [5, 5.41) is 0. The van der Waals surface area contributed by atoms with Crippen molar-refractivity contribution in [2.24, 2.45) is 0 Å². The first-order chi connectivity index (χ1) is 11.5. The van der Waals surface area contributed by atoms with Gasteiger partial charge in [-0.2, -0.15) is 0 Å². The Kier molecular flexibility index (Phi) is 4.20. The van der Waals surface area contributed by atoms with Crippen LogP contribution in [0, 0.1) is 13.8 Å². The Morgan fingerprint density at radius 1 is 0.958 bits per heavy atom. The summed E-state index contributed by atoms with van der Waals surface area (Å²) >= 11 is 0. The molecule has 24 heavy (non-hydrogen) atoms. The predicted molar refractivity (Wildman–Crippen MR) is 88.9 cm³/mol. The fourth-order valence-electron chi connectivity index (χ4n) is 2.40. The van der Waals surface area contributed by atoms with Crippen molar-refractivity contribution < 1.29 is 14.0 Å². The third kappa shape index (κ3) is 3.22. The summed E-state index contributed by atoms with van der Waals surface area (Å²) in [6.07, 6.45) is 3.84. The fourth-order valence-corrected chi connectivity index (χ4v) is 2.40. The standard InChI is InChI=1S/C18H17N3O3/c1-12-11-16(13(2)24-12)18(23)20-19-17(22)14-5-7-15(8-6-14)21-9-3-4-10-21/h3-11H,1-2H3,(H,19,22)(H,20,23). The number of nitrogens with zero attached hydrogens (tertiary/aromatic N) is 1. The molecule has 0 bridgehead atoms. The minimum absolute atomic E-state index is 0.389. The Morgan fingerprint density at radius 3 is 2.17 bits per heavy atom. The van der Waals surface area contributed by atoms with Crippen LogP contribution in [0.25, 0.3) is 5.69 Å². The zero-order valence-corrected chi connectivity index (χ0v) is 13.4. The highest BCUT2D eigenvalue weighted by Crippen LogP contribution is 2.13. The molecule has 6 nitrogen and oxygen atoms in total. The van der Waals surface area contributed by atoms with E-state index in [9.17, 15) is 9.59 Å². The average molecular weight is 323 g/mol. The van der Waals surface area contributed by atoms with Gasteiger partial charge in [0.25, 0.3) is 11.8 Å². The van der Waals surface area contributed by atoms with Gasteiger partial charge in [-0.1, -0.05) is 0 Å². The van der Waals surface area contributed by atoms with Crippen LogP contribution in [-0.2, 0) is 0 Å².